The van der Waals surface area contributed by atoms with E-state index in [0.29, 0.717) is 19.6 Å². The van der Waals surface area contributed by atoms with Crippen LogP contribution in [0.5, 0.6) is 0 Å². The summed E-state index contributed by atoms with van der Waals surface area (Å²) in [6.07, 6.45) is 4.83. The van der Waals surface area contributed by atoms with E-state index < -0.39 is 11.7 Å². The lowest BCUT2D eigenvalue weighted by atomic mass is 10.2. The molecule has 1 amide bonds. The highest BCUT2D eigenvalue weighted by Crippen LogP contribution is 2.06. The van der Waals surface area contributed by atoms with Crippen LogP contribution in [0.4, 0.5) is 4.79 Å². The normalized spacial score (nSPS) is 11.3. The van der Waals surface area contributed by atoms with Gasteiger partial charge >= 0.3 is 6.09 Å². The van der Waals surface area contributed by atoms with Crippen LogP contribution in [0, 0.1) is 0 Å². The molecule has 0 heterocycles. The van der Waals surface area contributed by atoms with Crippen LogP contribution in [0.2, 0.25) is 0 Å². The van der Waals surface area contributed by atoms with Gasteiger partial charge in [-0.25, -0.2) is 4.79 Å². The third-order valence-electron chi connectivity index (χ3n) is 1.76. The van der Waals surface area contributed by atoms with Crippen LogP contribution in [0.25, 0.3) is 0 Å². The highest BCUT2D eigenvalue weighted by atomic mass is 16.6. The van der Waals surface area contributed by atoms with E-state index in [1.165, 1.54) is 6.08 Å². The Morgan fingerprint density at radius 1 is 1.32 bits per heavy atom. The first-order valence-corrected chi connectivity index (χ1v) is 6.20. The molecule has 0 radical (unpaired) electrons. The number of hydrogen-bond acceptors (Lipinski definition) is 4. The van der Waals surface area contributed by atoms with Crippen molar-refractivity contribution in [2.24, 2.45) is 0 Å². The summed E-state index contributed by atoms with van der Waals surface area (Å²) < 4.78 is 10.0. The molecule has 19 heavy (non-hydrogen) atoms. The second-order valence-corrected chi connectivity index (χ2v) is 4.89. The molecular formula is C14H23NO4. The number of carbonyl (C=O) groups is 2. The SMILES string of the molecule is C=CCOCC(=O)C=CCCNC(=O)OC(C)(C)C. The molecule has 0 aromatic carbocycles. The molecule has 0 unspecified atom stereocenters. The van der Waals surface area contributed by atoms with Crippen LogP contribution in [-0.2, 0) is 14.3 Å². The molecule has 0 aromatic heterocycles. The van der Waals surface area contributed by atoms with Crippen molar-refractivity contribution in [1.82, 2.24) is 5.32 Å². The summed E-state index contributed by atoms with van der Waals surface area (Å²) in [5, 5.41) is 2.60. The summed E-state index contributed by atoms with van der Waals surface area (Å²) in [6, 6.07) is 0. The van der Waals surface area contributed by atoms with E-state index in [0.717, 1.165) is 0 Å². The van der Waals surface area contributed by atoms with Crippen molar-refractivity contribution < 1.29 is 19.1 Å². The Balaban J connectivity index is 3.65. The standard InChI is InChI=1S/C14H23NO4/c1-5-10-18-11-12(16)8-6-7-9-15-13(17)19-14(2,3)4/h5-6,8H,1,7,9-11H2,2-4H3,(H,15,17). The fourth-order valence-electron chi connectivity index (χ4n) is 1.08. The highest BCUT2D eigenvalue weighted by Gasteiger charge is 2.15. The van der Waals surface area contributed by atoms with Crippen molar-refractivity contribution in [1.29, 1.82) is 0 Å². The zero-order chi connectivity index (χ0) is 14.7. The van der Waals surface area contributed by atoms with Gasteiger partial charge < -0.3 is 14.8 Å². The molecule has 108 valence electrons. The van der Waals surface area contributed by atoms with Crippen LogP contribution < -0.4 is 5.32 Å². The Labute approximate surface area is 114 Å². The molecule has 0 saturated heterocycles. The third kappa shape index (κ3) is 12.6. The lowest BCUT2D eigenvalue weighted by Gasteiger charge is -2.19. The van der Waals surface area contributed by atoms with Gasteiger partial charge in [0.15, 0.2) is 5.78 Å². The van der Waals surface area contributed by atoms with Crippen molar-refractivity contribution in [3.05, 3.63) is 24.8 Å². The first kappa shape index (κ1) is 17.4. The topological polar surface area (TPSA) is 64.6 Å². The minimum atomic E-state index is -0.502. The predicted molar refractivity (Wildman–Crippen MR) is 74.0 cm³/mol. The van der Waals surface area contributed by atoms with E-state index in [1.54, 1.807) is 32.9 Å². The summed E-state index contributed by atoms with van der Waals surface area (Å²) in [7, 11) is 0. The first-order valence-electron chi connectivity index (χ1n) is 6.20. The minimum absolute atomic E-state index is 0.0437. The number of hydrogen-bond donors (Lipinski definition) is 1. The van der Waals surface area contributed by atoms with Crippen molar-refractivity contribution in [3.63, 3.8) is 0 Å². The summed E-state index contributed by atoms with van der Waals surface area (Å²) in [6.45, 7) is 9.71. The number of alkyl carbamates (subject to hydrolysis) is 1. The maximum Gasteiger partial charge on any atom is 0.407 e. The van der Waals surface area contributed by atoms with Crippen molar-refractivity contribution in [2.75, 3.05) is 19.8 Å². The van der Waals surface area contributed by atoms with Gasteiger partial charge in [-0.2, -0.15) is 0 Å². The summed E-state index contributed by atoms with van der Waals surface area (Å²) >= 11 is 0. The van der Waals surface area contributed by atoms with Crippen molar-refractivity contribution in [3.8, 4) is 0 Å². The van der Waals surface area contributed by atoms with Crippen LogP contribution in [0.1, 0.15) is 27.2 Å². The van der Waals surface area contributed by atoms with E-state index in [-0.39, 0.29) is 12.4 Å². The molecule has 0 bridgehead atoms. The molecule has 0 aliphatic rings. The average Bonchev–Trinajstić information content (AvgIpc) is 2.26. The molecule has 0 saturated carbocycles. The zero-order valence-electron chi connectivity index (χ0n) is 11.9. The zero-order valence-corrected chi connectivity index (χ0v) is 11.9. The van der Waals surface area contributed by atoms with Crippen LogP contribution in [0.15, 0.2) is 24.8 Å². The van der Waals surface area contributed by atoms with Gasteiger partial charge in [0.1, 0.15) is 12.2 Å². The van der Waals surface area contributed by atoms with E-state index in [1.807, 2.05) is 0 Å². The Morgan fingerprint density at radius 2 is 2.00 bits per heavy atom. The van der Waals surface area contributed by atoms with Gasteiger partial charge in [-0.15, -0.1) is 6.58 Å². The molecule has 5 heteroatoms. The number of amides is 1. The lowest BCUT2D eigenvalue weighted by molar-refractivity contribution is -0.118. The molecule has 0 aliphatic carbocycles. The van der Waals surface area contributed by atoms with E-state index >= 15 is 0 Å². The number of ketones is 1. The Bertz CT molecular complexity index is 329. The second-order valence-electron chi connectivity index (χ2n) is 4.89. The average molecular weight is 269 g/mol. The lowest BCUT2D eigenvalue weighted by Crippen LogP contribution is -2.32. The fourth-order valence-corrected chi connectivity index (χ4v) is 1.08. The van der Waals surface area contributed by atoms with Gasteiger partial charge in [0.05, 0.1) is 6.61 Å². The number of nitrogens with one attached hydrogen (secondary N) is 1. The maximum absolute atomic E-state index is 11.3. The molecule has 0 fully saturated rings. The minimum Gasteiger partial charge on any atom is -0.444 e. The maximum atomic E-state index is 11.3. The molecule has 1 N–H and O–H groups in total. The molecule has 0 rings (SSSR count). The van der Waals surface area contributed by atoms with E-state index in [2.05, 4.69) is 11.9 Å². The first-order chi connectivity index (χ1) is 8.85. The number of ether oxygens (including phenoxy) is 2. The summed E-state index contributed by atoms with van der Waals surface area (Å²) in [5.41, 5.74) is -0.502. The fraction of sp³-hybridized carbons (Fsp3) is 0.571. The second kappa shape index (κ2) is 9.33. The largest absolute Gasteiger partial charge is 0.444 e. The van der Waals surface area contributed by atoms with Gasteiger partial charge in [0.2, 0.25) is 0 Å². The Morgan fingerprint density at radius 3 is 2.58 bits per heavy atom. The Kier molecular flexibility index (Phi) is 8.53. The molecular weight excluding hydrogens is 246 g/mol. The molecule has 0 aromatic rings. The number of rotatable bonds is 8. The smallest absolute Gasteiger partial charge is 0.407 e. The molecule has 0 aliphatic heterocycles. The van der Waals surface area contributed by atoms with E-state index in [9.17, 15) is 9.59 Å². The predicted octanol–water partition coefficient (Wildman–Crippen LogP) is 2.23. The third-order valence-corrected chi connectivity index (χ3v) is 1.76. The quantitative estimate of drug-likeness (QED) is 0.417. The highest BCUT2D eigenvalue weighted by molar-refractivity contribution is 5.90. The van der Waals surface area contributed by atoms with Crippen LogP contribution in [0.3, 0.4) is 0 Å². The van der Waals surface area contributed by atoms with Crippen LogP contribution in [-0.4, -0.2) is 37.2 Å². The number of carbonyl (C=O) groups excluding carboxylic acids is 2. The summed E-state index contributed by atoms with van der Waals surface area (Å²) in [5.74, 6) is -0.112. The van der Waals surface area contributed by atoms with Crippen LogP contribution >= 0.6 is 0 Å². The van der Waals surface area contributed by atoms with Gasteiger partial charge in [0, 0.05) is 6.54 Å². The molecule has 0 atom stereocenters. The van der Waals surface area contributed by atoms with Gasteiger partial charge in [-0.1, -0.05) is 12.2 Å². The van der Waals surface area contributed by atoms with Crippen molar-refractivity contribution in [2.45, 2.75) is 32.8 Å². The Hall–Kier alpha value is -1.62. The van der Waals surface area contributed by atoms with Gasteiger partial charge in [0.25, 0.3) is 0 Å². The van der Waals surface area contributed by atoms with Crippen molar-refractivity contribution >= 4 is 11.9 Å². The monoisotopic (exact) mass is 269 g/mol. The van der Waals surface area contributed by atoms with E-state index in [4.69, 9.17) is 9.47 Å². The summed E-state index contributed by atoms with van der Waals surface area (Å²) in [4.78, 5) is 22.5. The van der Waals surface area contributed by atoms with Gasteiger partial charge in [-0.05, 0) is 33.3 Å². The van der Waals surface area contributed by atoms with Gasteiger partial charge in [-0.3, -0.25) is 4.79 Å². The molecule has 0 spiro atoms. The molecule has 5 nitrogen and oxygen atoms in total.